The molecule has 1 N–H and O–H groups in total. The maximum Gasteiger partial charge on any atom is 0.119 e. The molecule has 0 saturated heterocycles. The molecule has 14 heavy (non-hydrogen) atoms. The molecule has 70 valence electrons. The molecule has 0 radical (unpaired) electrons. The molecule has 0 atom stereocenters. The molecule has 1 heterocycles. The van der Waals surface area contributed by atoms with Crippen LogP contribution in [0.1, 0.15) is 0 Å². The smallest absolute Gasteiger partial charge is 0.119 e. The standard InChI is InChI=1S/C10H8N2OS/c13-8-1-3-9(4-2-8)14-10-7-11-5-6-12-10/h1-7,13H. The van der Waals surface area contributed by atoms with E-state index >= 15 is 0 Å². The van der Waals surface area contributed by atoms with Crippen molar-refractivity contribution in [2.24, 2.45) is 0 Å². The number of hydrogen-bond acceptors (Lipinski definition) is 4. The lowest BCUT2D eigenvalue weighted by molar-refractivity contribution is 0.475. The summed E-state index contributed by atoms with van der Waals surface area (Å²) in [6, 6.07) is 6.99. The fraction of sp³-hybridized carbons (Fsp3) is 0. The van der Waals surface area contributed by atoms with Gasteiger partial charge < -0.3 is 5.11 Å². The third-order valence-corrected chi connectivity index (χ3v) is 2.53. The van der Waals surface area contributed by atoms with Gasteiger partial charge in [0.25, 0.3) is 0 Å². The van der Waals surface area contributed by atoms with Gasteiger partial charge in [-0.05, 0) is 24.3 Å². The van der Waals surface area contributed by atoms with Crippen LogP contribution in [0.4, 0.5) is 0 Å². The molecule has 0 aliphatic carbocycles. The molecule has 2 aromatic rings. The zero-order valence-electron chi connectivity index (χ0n) is 7.29. The minimum Gasteiger partial charge on any atom is -0.508 e. The van der Waals surface area contributed by atoms with E-state index in [1.807, 2.05) is 12.1 Å². The number of rotatable bonds is 2. The van der Waals surface area contributed by atoms with Crippen molar-refractivity contribution in [3.8, 4) is 5.75 Å². The van der Waals surface area contributed by atoms with E-state index in [-0.39, 0.29) is 5.75 Å². The van der Waals surface area contributed by atoms with Crippen molar-refractivity contribution in [1.82, 2.24) is 9.97 Å². The van der Waals surface area contributed by atoms with Crippen molar-refractivity contribution in [2.75, 3.05) is 0 Å². The Balaban J connectivity index is 2.16. The highest BCUT2D eigenvalue weighted by Gasteiger charge is 1.97. The van der Waals surface area contributed by atoms with Gasteiger partial charge in [-0.3, -0.25) is 4.98 Å². The quantitative estimate of drug-likeness (QED) is 0.815. The van der Waals surface area contributed by atoms with E-state index in [1.165, 1.54) is 11.8 Å². The Labute approximate surface area is 85.8 Å². The molecule has 0 aliphatic heterocycles. The summed E-state index contributed by atoms with van der Waals surface area (Å²) in [5.41, 5.74) is 0. The van der Waals surface area contributed by atoms with Gasteiger partial charge in [-0.25, -0.2) is 4.98 Å². The molecule has 3 nitrogen and oxygen atoms in total. The second-order valence-electron chi connectivity index (χ2n) is 2.64. The highest BCUT2D eigenvalue weighted by molar-refractivity contribution is 7.99. The number of aromatic hydroxyl groups is 1. The van der Waals surface area contributed by atoms with E-state index in [1.54, 1.807) is 30.7 Å². The summed E-state index contributed by atoms with van der Waals surface area (Å²) in [4.78, 5) is 9.13. The molecule has 1 aromatic heterocycles. The summed E-state index contributed by atoms with van der Waals surface area (Å²) < 4.78 is 0. The first kappa shape index (κ1) is 9.02. The number of hydrogen-bond donors (Lipinski definition) is 1. The van der Waals surface area contributed by atoms with Gasteiger partial charge in [0, 0.05) is 17.3 Å². The predicted molar refractivity (Wildman–Crippen MR) is 54.3 cm³/mol. The van der Waals surface area contributed by atoms with E-state index in [0.717, 1.165) is 9.92 Å². The average Bonchev–Trinajstić information content (AvgIpc) is 2.23. The first-order chi connectivity index (χ1) is 6.84. The molecule has 0 spiro atoms. The summed E-state index contributed by atoms with van der Waals surface area (Å²) in [5, 5.41) is 9.93. The Morgan fingerprint density at radius 3 is 2.50 bits per heavy atom. The van der Waals surface area contributed by atoms with E-state index < -0.39 is 0 Å². The van der Waals surface area contributed by atoms with Crippen molar-refractivity contribution in [1.29, 1.82) is 0 Å². The summed E-state index contributed by atoms with van der Waals surface area (Å²) in [6.45, 7) is 0. The minimum absolute atomic E-state index is 0.272. The van der Waals surface area contributed by atoms with Gasteiger partial charge in [0.1, 0.15) is 10.8 Å². The fourth-order valence-electron chi connectivity index (χ4n) is 0.973. The van der Waals surface area contributed by atoms with E-state index in [4.69, 9.17) is 5.11 Å². The number of phenols is 1. The Hall–Kier alpha value is -1.55. The van der Waals surface area contributed by atoms with Gasteiger partial charge in [-0.2, -0.15) is 0 Å². The van der Waals surface area contributed by atoms with Crippen molar-refractivity contribution in [3.05, 3.63) is 42.9 Å². The number of nitrogens with zero attached hydrogens (tertiary/aromatic N) is 2. The molecule has 0 fully saturated rings. The molecular weight excluding hydrogens is 196 g/mol. The van der Waals surface area contributed by atoms with Crippen LogP contribution < -0.4 is 0 Å². The maximum atomic E-state index is 9.09. The molecule has 2 rings (SSSR count). The Kier molecular flexibility index (Phi) is 2.65. The van der Waals surface area contributed by atoms with Gasteiger partial charge in [0.15, 0.2) is 0 Å². The number of aromatic nitrogens is 2. The Morgan fingerprint density at radius 2 is 1.86 bits per heavy atom. The number of benzene rings is 1. The van der Waals surface area contributed by atoms with Crippen LogP contribution in [0.3, 0.4) is 0 Å². The molecule has 0 unspecified atom stereocenters. The first-order valence-corrected chi connectivity index (χ1v) is 4.89. The third-order valence-electron chi connectivity index (χ3n) is 1.60. The molecule has 0 amide bonds. The third kappa shape index (κ3) is 2.23. The zero-order chi connectivity index (χ0) is 9.80. The highest BCUT2D eigenvalue weighted by Crippen LogP contribution is 2.26. The summed E-state index contributed by atoms with van der Waals surface area (Å²) in [6.07, 6.45) is 5.00. The molecule has 4 heteroatoms. The van der Waals surface area contributed by atoms with Crippen LogP contribution in [0.5, 0.6) is 5.75 Å². The van der Waals surface area contributed by atoms with E-state index in [0.29, 0.717) is 0 Å². The molecular formula is C10H8N2OS. The largest absolute Gasteiger partial charge is 0.508 e. The highest BCUT2D eigenvalue weighted by atomic mass is 32.2. The SMILES string of the molecule is Oc1ccc(Sc2cnccn2)cc1. The average molecular weight is 204 g/mol. The topological polar surface area (TPSA) is 46.0 Å². The van der Waals surface area contributed by atoms with Gasteiger partial charge in [0.05, 0.1) is 6.20 Å². The molecule has 0 saturated carbocycles. The van der Waals surface area contributed by atoms with Gasteiger partial charge in [0.2, 0.25) is 0 Å². The Morgan fingerprint density at radius 1 is 1.07 bits per heavy atom. The van der Waals surface area contributed by atoms with Gasteiger partial charge in [-0.1, -0.05) is 11.8 Å². The van der Waals surface area contributed by atoms with Crippen molar-refractivity contribution in [3.63, 3.8) is 0 Å². The first-order valence-electron chi connectivity index (χ1n) is 4.07. The second kappa shape index (κ2) is 4.11. The molecule has 0 aliphatic rings. The van der Waals surface area contributed by atoms with Crippen LogP contribution in [-0.2, 0) is 0 Å². The van der Waals surface area contributed by atoms with Gasteiger partial charge in [-0.15, -0.1) is 0 Å². The summed E-state index contributed by atoms with van der Waals surface area (Å²) >= 11 is 1.51. The lowest BCUT2D eigenvalue weighted by Gasteiger charge is -1.99. The van der Waals surface area contributed by atoms with Crippen molar-refractivity contribution >= 4 is 11.8 Å². The van der Waals surface area contributed by atoms with Crippen molar-refractivity contribution < 1.29 is 5.11 Å². The predicted octanol–water partition coefficient (Wildman–Crippen LogP) is 2.33. The van der Waals surface area contributed by atoms with Crippen LogP contribution in [-0.4, -0.2) is 15.1 Å². The molecule has 0 bridgehead atoms. The van der Waals surface area contributed by atoms with E-state index in [9.17, 15) is 0 Å². The van der Waals surface area contributed by atoms with Crippen LogP contribution >= 0.6 is 11.8 Å². The normalized spacial score (nSPS) is 10.0. The van der Waals surface area contributed by atoms with Crippen LogP contribution in [0.2, 0.25) is 0 Å². The lowest BCUT2D eigenvalue weighted by atomic mass is 10.3. The van der Waals surface area contributed by atoms with Crippen LogP contribution in [0.25, 0.3) is 0 Å². The van der Waals surface area contributed by atoms with Crippen LogP contribution in [0.15, 0.2) is 52.8 Å². The Bertz CT molecular complexity index is 402. The summed E-state index contributed by atoms with van der Waals surface area (Å²) in [7, 11) is 0. The maximum absolute atomic E-state index is 9.09. The summed E-state index contributed by atoms with van der Waals surface area (Å²) in [5.74, 6) is 0.272. The van der Waals surface area contributed by atoms with Crippen molar-refractivity contribution in [2.45, 2.75) is 9.92 Å². The minimum atomic E-state index is 0.272. The second-order valence-corrected chi connectivity index (χ2v) is 3.73. The fourth-order valence-corrected chi connectivity index (χ4v) is 1.71. The monoisotopic (exact) mass is 204 g/mol. The van der Waals surface area contributed by atoms with Gasteiger partial charge >= 0.3 is 0 Å². The van der Waals surface area contributed by atoms with Crippen LogP contribution in [0, 0.1) is 0 Å². The molecule has 1 aromatic carbocycles. The lowest BCUT2D eigenvalue weighted by Crippen LogP contribution is -1.79. The zero-order valence-corrected chi connectivity index (χ0v) is 8.11. The number of phenolic OH excluding ortho intramolecular Hbond substituents is 1. The van der Waals surface area contributed by atoms with E-state index in [2.05, 4.69) is 9.97 Å².